The highest BCUT2D eigenvalue weighted by molar-refractivity contribution is 6.30. The molecule has 0 saturated heterocycles. The number of hydrogen-bond acceptors (Lipinski definition) is 3. The van der Waals surface area contributed by atoms with Crippen LogP contribution in [-0.2, 0) is 0 Å². The molecule has 3 aromatic heterocycles. The quantitative estimate of drug-likeness (QED) is 0.424. The van der Waals surface area contributed by atoms with Gasteiger partial charge in [0.25, 0.3) is 5.56 Å². The van der Waals surface area contributed by atoms with Crippen LogP contribution in [0.4, 0.5) is 4.39 Å². The molecule has 0 bridgehead atoms. The Kier molecular flexibility index (Phi) is 3.96. The highest BCUT2D eigenvalue weighted by Crippen LogP contribution is 2.29. The summed E-state index contributed by atoms with van der Waals surface area (Å²) in [5.74, 6) is -0.354. The Labute approximate surface area is 169 Å². The first-order valence-corrected chi connectivity index (χ1v) is 9.32. The van der Waals surface area contributed by atoms with Crippen molar-refractivity contribution in [2.75, 3.05) is 0 Å². The van der Waals surface area contributed by atoms with Gasteiger partial charge < -0.3 is 0 Å². The van der Waals surface area contributed by atoms with E-state index in [-0.39, 0.29) is 11.4 Å². The van der Waals surface area contributed by atoms with Gasteiger partial charge in [0.2, 0.25) is 0 Å². The van der Waals surface area contributed by atoms with E-state index in [0.717, 1.165) is 16.8 Å². The predicted molar refractivity (Wildman–Crippen MR) is 111 cm³/mol. The zero-order valence-corrected chi connectivity index (χ0v) is 16.1. The Morgan fingerprint density at radius 1 is 1.00 bits per heavy atom. The van der Waals surface area contributed by atoms with Crippen LogP contribution in [0.2, 0.25) is 5.02 Å². The molecule has 7 heteroatoms. The summed E-state index contributed by atoms with van der Waals surface area (Å²) in [6.45, 7) is 1.91. The maximum absolute atomic E-state index is 13.2. The molecule has 5 rings (SSSR count). The Bertz CT molecular complexity index is 1440. The molecule has 5 aromatic rings. The first-order chi connectivity index (χ1) is 14.0. The van der Waals surface area contributed by atoms with Crippen LogP contribution in [0.15, 0.2) is 71.8 Å². The topological polar surface area (TPSA) is 52.2 Å². The number of pyridine rings is 1. The van der Waals surface area contributed by atoms with Gasteiger partial charge >= 0.3 is 0 Å². The molecule has 0 fully saturated rings. The molecule has 5 nitrogen and oxygen atoms in total. The van der Waals surface area contributed by atoms with E-state index in [0.29, 0.717) is 27.3 Å². The summed E-state index contributed by atoms with van der Waals surface area (Å²) in [6.07, 6.45) is 3.23. The van der Waals surface area contributed by atoms with E-state index in [1.54, 1.807) is 29.0 Å². The molecule has 0 atom stereocenters. The van der Waals surface area contributed by atoms with Crippen LogP contribution in [0, 0.1) is 12.7 Å². The van der Waals surface area contributed by atoms with Crippen molar-refractivity contribution in [2.24, 2.45) is 0 Å². The van der Waals surface area contributed by atoms with Crippen LogP contribution in [0.25, 0.3) is 33.4 Å². The third-order valence-corrected chi connectivity index (χ3v) is 5.18. The van der Waals surface area contributed by atoms with Crippen LogP contribution in [-0.4, -0.2) is 19.2 Å². The minimum atomic E-state index is -0.354. The number of halogens is 2. The van der Waals surface area contributed by atoms with Crippen molar-refractivity contribution in [3.8, 4) is 16.8 Å². The SMILES string of the molecule is Cc1nn2c(ncc3c(=O)n(-c4ccc(F)cc4)ccc32)c1-c1ccc(Cl)cc1. The molecule has 0 amide bonds. The monoisotopic (exact) mass is 404 g/mol. The Morgan fingerprint density at radius 3 is 2.45 bits per heavy atom. The maximum Gasteiger partial charge on any atom is 0.266 e. The van der Waals surface area contributed by atoms with Crippen LogP contribution in [0.5, 0.6) is 0 Å². The average Bonchev–Trinajstić information content (AvgIpc) is 3.06. The first-order valence-electron chi connectivity index (χ1n) is 8.94. The van der Waals surface area contributed by atoms with Crippen LogP contribution < -0.4 is 5.56 Å². The summed E-state index contributed by atoms with van der Waals surface area (Å²) in [4.78, 5) is 17.6. The van der Waals surface area contributed by atoms with Gasteiger partial charge in [-0.2, -0.15) is 5.10 Å². The van der Waals surface area contributed by atoms with Crippen molar-refractivity contribution in [3.63, 3.8) is 0 Å². The van der Waals surface area contributed by atoms with Gasteiger partial charge in [-0.05, 0) is 55.0 Å². The summed E-state index contributed by atoms with van der Waals surface area (Å²) in [5.41, 5.74) is 4.30. The number of aromatic nitrogens is 4. The van der Waals surface area contributed by atoms with E-state index in [1.807, 2.05) is 37.3 Å². The van der Waals surface area contributed by atoms with Gasteiger partial charge in [0, 0.05) is 28.7 Å². The van der Waals surface area contributed by atoms with Gasteiger partial charge in [-0.3, -0.25) is 9.36 Å². The molecule has 0 spiro atoms. The summed E-state index contributed by atoms with van der Waals surface area (Å²) >= 11 is 6.01. The van der Waals surface area contributed by atoms with E-state index in [9.17, 15) is 9.18 Å². The van der Waals surface area contributed by atoms with Crippen molar-refractivity contribution < 1.29 is 4.39 Å². The molecule has 0 aliphatic carbocycles. The molecule has 29 heavy (non-hydrogen) atoms. The second-order valence-electron chi connectivity index (χ2n) is 6.73. The Morgan fingerprint density at radius 2 is 1.72 bits per heavy atom. The number of nitrogens with zero attached hydrogens (tertiary/aromatic N) is 4. The van der Waals surface area contributed by atoms with Crippen LogP contribution in [0.1, 0.15) is 5.69 Å². The van der Waals surface area contributed by atoms with Crippen molar-refractivity contribution in [1.82, 2.24) is 19.2 Å². The molecule has 0 unspecified atom stereocenters. The van der Waals surface area contributed by atoms with Gasteiger partial charge in [-0.25, -0.2) is 13.9 Å². The predicted octanol–water partition coefficient (Wildman–Crippen LogP) is 4.80. The Hall–Kier alpha value is -3.51. The standard InChI is InChI=1S/C22H14ClFN4O/c1-13-20(14-2-4-15(23)5-3-14)21-25-12-18-19(28(21)26-13)10-11-27(22(18)29)17-8-6-16(24)7-9-17/h2-12H,1H3. The maximum atomic E-state index is 13.2. The smallest absolute Gasteiger partial charge is 0.266 e. The van der Waals surface area contributed by atoms with Crippen molar-refractivity contribution in [2.45, 2.75) is 6.92 Å². The van der Waals surface area contributed by atoms with E-state index < -0.39 is 0 Å². The van der Waals surface area contributed by atoms with Crippen LogP contribution >= 0.6 is 11.6 Å². The van der Waals surface area contributed by atoms with Gasteiger partial charge in [-0.15, -0.1) is 0 Å². The Balaban J connectivity index is 1.75. The van der Waals surface area contributed by atoms with E-state index in [1.165, 1.54) is 16.7 Å². The summed E-state index contributed by atoms with van der Waals surface area (Å²) in [5, 5.41) is 5.70. The number of rotatable bonds is 2. The van der Waals surface area contributed by atoms with E-state index in [4.69, 9.17) is 11.6 Å². The fourth-order valence-corrected chi connectivity index (χ4v) is 3.66. The molecule has 0 aliphatic rings. The molecule has 0 aliphatic heterocycles. The average molecular weight is 405 g/mol. The molecule has 0 saturated carbocycles. The number of benzene rings is 2. The molecule has 142 valence electrons. The third kappa shape index (κ3) is 2.80. The molecule has 0 radical (unpaired) electrons. The lowest BCUT2D eigenvalue weighted by atomic mass is 10.1. The minimum absolute atomic E-state index is 0.246. The molecular weight excluding hydrogens is 391 g/mol. The number of fused-ring (bicyclic) bond motifs is 3. The largest absolute Gasteiger partial charge is 0.284 e. The van der Waals surface area contributed by atoms with Gasteiger partial charge in [0.05, 0.1) is 16.6 Å². The molecular formula is C22H14ClFN4O. The number of aryl methyl sites for hydroxylation is 1. The van der Waals surface area contributed by atoms with Crippen molar-refractivity contribution in [3.05, 3.63) is 93.9 Å². The van der Waals surface area contributed by atoms with E-state index >= 15 is 0 Å². The first kappa shape index (κ1) is 17.6. The lowest BCUT2D eigenvalue weighted by Crippen LogP contribution is -2.18. The molecule has 0 N–H and O–H groups in total. The normalized spacial score (nSPS) is 11.4. The second kappa shape index (κ2) is 6.53. The van der Waals surface area contributed by atoms with Crippen molar-refractivity contribution in [1.29, 1.82) is 0 Å². The molecule has 2 aromatic carbocycles. The van der Waals surface area contributed by atoms with Gasteiger partial charge in [0.15, 0.2) is 5.65 Å². The highest BCUT2D eigenvalue weighted by Gasteiger charge is 2.16. The summed E-state index contributed by atoms with van der Waals surface area (Å²) in [7, 11) is 0. The van der Waals surface area contributed by atoms with Crippen LogP contribution in [0.3, 0.4) is 0 Å². The minimum Gasteiger partial charge on any atom is -0.284 e. The number of hydrogen-bond donors (Lipinski definition) is 0. The van der Waals surface area contributed by atoms with Gasteiger partial charge in [0.1, 0.15) is 5.82 Å². The zero-order chi connectivity index (χ0) is 20.1. The summed E-state index contributed by atoms with van der Waals surface area (Å²) < 4.78 is 16.4. The second-order valence-corrected chi connectivity index (χ2v) is 7.16. The third-order valence-electron chi connectivity index (χ3n) is 4.92. The molecule has 3 heterocycles. The zero-order valence-electron chi connectivity index (χ0n) is 15.3. The summed E-state index contributed by atoms with van der Waals surface area (Å²) in [6, 6.07) is 15.1. The lowest BCUT2D eigenvalue weighted by molar-refractivity contribution is 0.627. The fourth-order valence-electron chi connectivity index (χ4n) is 3.54. The highest BCUT2D eigenvalue weighted by atomic mass is 35.5. The lowest BCUT2D eigenvalue weighted by Gasteiger charge is -2.08. The fraction of sp³-hybridized carbons (Fsp3) is 0.0455. The van der Waals surface area contributed by atoms with E-state index in [2.05, 4.69) is 10.1 Å². The van der Waals surface area contributed by atoms with Crippen molar-refractivity contribution >= 4 is 28.2 Å². The van der Waals surface area contributed by atoms with Gasteiger partial charge in [-0.1, -0.05) is 23.7 Å².